The second kappa shape index (κ2) is 20.6. The second-order valence-corrected chi connectivity index (χ2v) is 15.5. The first-order valence-electron chi connectivity index (χ1n) is 19.4. The van der Waals surface area contributed by atoms with Crippen molar-refractivity contribution in [1.29, 1.82) is 0 Å². The van der Waals surface area contributed by atoms with Crippen LogP contribution in [0.25, 0.3) is 0 Å². The van der Waals surface area contributed by atoms with E-state index in [1.165, 1.54) is 40.0 Å². The summed E-state index contributed by atoms with van der Waals surface area (Å²) in [5.41, 5.74) is 6.46. The largest absolute Gasteiger partial charge is 0.513 e. The predicted octanol–water partition coefficient (Wildman–Crippen LogP) is 4.19. The van der Waals surface area contributed by atoms with E-state index in [-0.39, 0.29) is 53.4 Å². The number of thioether (sulfide) groups is 2. The van der Waals surface area contributed by atoms with Crippen LogP contribution < -0.4 is 20.5 Å². The van der Waals surface area contributed by atoms with Crippen LogP contribution in [0.5, 0.6) is 11.5 Å². The quantitative estimate of drug-likeness (QED) is 0.0205. The number of aromatic nitrogens is 5. The van der Waals surface area contributed by atoms with Crippen molar-refractivity contribution in [3.05, 3.63) is 119 Å². The number of hydrogen-bond donors (Lipinski definition) is 2. The molecular formula is C41H37N9O13S2. The van der Waals surface area contributed by atoms with Gasteiger partial charge in [-0.2, -0.15) is 4.98 Å². The molecule has 24 heteroatoms. The van der Waals surface area contributed by atoms with Crippen LogP contribution >= 0.6 is 23.5 Å². The number of rotatable bonds is 16. The number of nitrogens with zero attached hydrogens (tertiary/aromatic N) is 7. The molecule has 0 aliphatic carbocycles. The highest BCUT2D eigenvalue weighted by molar-refractivity contribution is 8.01. The van der Waals surface area contributed by atoms with Crippen molar-refractivity contribution < 1.29 is 61.7 Å². The number of β-lactam (4-membered cyclic amide) rings is 1. The minimum absolute atomic E-state index is 0.000754. The lowest BCUT2D eigenvalue weighted by atomic mass is 10.0. The Hall–Kier alpha value is -7.73. The van der Waals surface area contributed by atoms with Crippen molar-refractivity contribution in [1.82, 2.24) is 35.4 Å². The van der Waals surface area contributed by atoms with E-state index in [4.69, 9.17) is 38.7 Å². The third-order valence-corrected chi connectivity index (χ3v) is 11.6. The predicted molar refractivity (Wildman–Crippen MR) is 227 cm³/mol. The van der Waals surface area contributed by atoms with Gasteiger partial charge in [0.2, 0.25) is 5.16 Å². The molecule has 3 aromatic carbocycles. The molecule has 1 saturated heterocycles. The molecule has 336 valence electrons. The number of fused-ring (bicyclic) bond motifs is 1. The average molecular weight is 928 g/mol. The maximum Gasteiger partial charge on any atom is 0.513 e. The molecule has 0 bridgehead atoms. The van der Waals surface area contributed by atoms with Gasteiger partial charge in [-0.3, -0.25) is 14.5 Å². The van der Waals surface area contributed by atoms with Crippen LogP contribution in [0.4, 0.5) is 15.6 Å². The van der Waals surface area contributed by atoms with Crippen LogP contribution in [0.1, 0.15) is 47.1 Å². The zero-order chi connectivity index (χ0) is 46.0. The van der Waals surface area contributed by atoms with E-state index in [1.807, 2.05) is 60.7 Å². The fourth-order valence-electron chi connectivity index (χ4n) is 6.25. The molecule has 3 N–H and O–H groups in total. The number of amides is 2. The number of tetrazole rings is 1. The summed E-state index contributed by atoms with van der Waals surface area (Å²) in [7, 11) is 1.67. The highest BCUT2D eigenvalue weighted by Gasteiger charge is 2.55. The van der Waals surface area contributed by atoms with Gasteiger partial charge in [0.05, 0.1) is 18.8 Å². The van der Waals surface area contributed by atoms with Crippen molar-refractivity contribution in [2.45, 2.75) is 36.5 Å². The van der Waals surface area contributed by atoms with Crippen molar-refractivity contribution in [2.75, 3.05) is 30.5 Å². The van der Waals surface area contributed by atoms with Crippen molar-refractivity contribution >= 4 is 71.3 Å². The Morgan fingerprint density at radius 1 is 0.938 bits per heavy atom. The number of anilines is 1. The zero-order valence-electron chi connectivity index (χ0n) is 34.5. The van der Waals surface area contributed by atoms with Crippen LogP contribution in [0.3, 0.4) is 0 Å². The normalized spacial score (nSPS) is 15.7. The molecule has 2 atom stereocenters. The number of benzene rings is 3. The van der Waals surface area contributed by atoms with E-state index in [2.05, 4.69) is 31.0 Å². The maximum atomic E-state index is 14.4. The minimum Gasteiger partial charge on any atom is -0.448 e. The van der Waals surface area contributed by atoms with E-state index in [0.29, 0.717) is 21.9 Å². The monoisotopic (exact) mass is 927 g/mol. The van der Waals surface area contributed by atoms with Crippen molar-refractivity contribution in [3.8, 4) is 11.5 Å². The number of oxime groups is 1. The Kier molecular flexibility index (Phi) is 14.4. The summed E-state index contributed by atoms with van der Waals surface area (Å²) in [6.07, 6.45) is -2.16. The summed E-state index contributed by atoms with van der Waals surface area (Å²) >= 11 is 2.54. The molecule has 22 nitrogen and oxygen atoms in total. The number of nitrogens with two attached hydrogens (primary N) is 1. The Morgan fingerprint density at radius 2 is 1.60 bits per heavy atom. The third kappa shape index (κ3) is 10.6. The number of oxazole rings is 1. The number of carbonyl (C=O) groups is 6. The average Bonchev–Trinajstić information content (AvgIpc) is 3.94. The van der Waals surface area contributed by atoms with E-state index in [0.717, 1.165) is 24.5 Å². The standard InChI is InChI=1S/C41H37N9O13S2/c1-4-57-40(55)60-27-17-16-24(18-28(27)61-41(56)58-5-2)36(53)63-46-29(26-19-59-38(42)43-26)33(51)44-30-34(52)50-31(25(20-64-35(30)50)21-65-39-45-47-48-49(39)3)37(54)62-32(22-12-8-6-9-13-22)23-14-10-7-11-15-23/h6-19,30,32,35H,4-5,20-21H2,1-3H3,(H2,42,43)(H,44,51)/b46-29-/t30-,35+/m1/s1. The molecule has 0 radical (unpaired) electrons. The van der Waals surface area contributed by atoms with Gasteiger partial charge in [-0.25, -0.2) is 23.9 Å². The number of hydrogen-bond acceptors (Lipinski definition) is 21. The third-order valence-electron chi connectivity index (χ3n) is 9.20. The maximum absolute atomic E-state index is 14.4. The molecule has 2 aliphatic heterocycles. The summed E-state index contributed by atoms with van der Waals surface area (Å²) in [6.45, 7) is 3.01. The van der Waals surface area contributed by atoms with Gasteiger partial charge in [0, 0.05) is 18.6 Å². The summed E-state index contributed by atoms with van der Waals surface area (Å²) in [5.74, 6) is -3.92. The fraction of sp³-hybridized carbons (Fsp3) is 0.244. The first kappa shape index (κ1) is 45.3. The molecular weight excluding hydrogens is 891 g/mol. The number of ether oxygens (including phenoxy) is 5. The molecule has 0 saturated carbocycles. The first-order chi connectivity index (χ1) is 31.4. The number of nitrogens with one attached hydrogen (secondary N) is 1. The van der Waals surface area contributed by atoms with Crippen LogP contribution in [0.15, 0.2) is 111 Å². The SMILES string of the molecule is CCOC(=O)Oc1ccc(C(=O)O/N=C(\C(=O)N[C@@H]2C(=O)N3C(C(=O)OC(c4ccccc4)c4ccccc4)=C(CSc4nnnn4C)CS[C@@H]23)c2coc(N)n2)cc1OC(=O)OCC. The topological polar surface area (TPSA) is 281 Å². The zero-order valence-corrected chi connectivity index (χ0v) is 36.1. The first-order valence-corrected chi connectivity index (χ1v) is 21.5. The van der Waals surface area contributed by atoms with Crippen LogP contribution in [0, 0.1) is 0 Å². The fourth-order valence-corrected chi connectivity index (χ4v) is 8.58. The van der Waals surface area contributed by atoms with E-state index in [1.54, 1.807) is 14.0 Å². The Bertz CT molecular complexity index is 2620. The van der Waals surface area contributed by atoms with Crippen molar-refractivity contribution in [3.63, 3.8) is 0 Å². The van der Waals surface area contributed by atoms with Gasteiger partial charge in [0.25, 0.3) is 17.8 Å². The summed E-state index contributed by atoms with van der Waals surface area (Å²) < 4.78 is 32.5. The number of nitrogen functional groups attached to an aromatic ring is 1. The van der Waals surface area contributed by atoms with Gasteiger partial charge in [0.1, 0.15) is 29.1 Å². The number of aryl methyl sites for hydroxylation is 1. The van der Waals surface area contributed by atoms with E-state index in [9.17, 15) is 28.8 Å². The van der Waals surface area contributed by atoms with E-state index >= 15 is 0 Å². The summed E-state index contributed by atoms with van der Waals surface area (Å²) in [4.78, 5) is 90.3. The molecule has 0 unspecified atom stereocenters. The molecule has 65 heavy (non-hydrogen) atoms. The lowest BCUT2D eigenvalue weighted by molar-refractivity contribution is -0.154. The van der Waals surface area contributed by atoms with Gasteiger partial charge in [-0.05, 0) is 59.2 Å². The van der Waals surface area contributed by atoms with Crippen LogP contribution in [0.2, 0.25) is 0 Å². The van der Waals surface area contributed by atoms with Gasteiger partial charge in [0.15, 0.2) is 23.3 Å². The molecule has 1 fully saturated rings. The summed E-state index contributed by atoms with van der Waals surface area (Å²) in [5, 5.41) is 17.6. The Labute approximate surface area is 376 Å². The highest BCUT2D eigenvalue weighted by atomic mass is 32.2. The van der Waals surface area contributed by atoms with Crippen molar-refractivity contribution in [2.24, 2.45) is 12.2 Å². The lowest BCUT2D eigenvalue weighted by Gasteiger charge is -2.49. The summed E-state index contributed by atoms with van der Waals surface area (Å²) in [6, 6.07) is 20.0. The molecule has 0 spiro atoms. The van der Waals surface area contributed by atoms with Gasteiger partial charge in [-0.1, -0.05) is 77.6 Å². The number of carbonyl (C=O) groups excluding carboxylic acids is 6. The second-order valence-electron chi connectivity index (χ2n) is 13.4. The highest BCUT2D eigenvalue weighted by Crippen LogP contribution is 2.43. The minimum atomic E-state index is -1.22. The molecule has 2 aromatic heterocycles. The Morgan fingerprint density at radius 3 is 2.20 bits per heavy atom. The molecule has 2 aliphatic rings. The lowest BCUT2D eigenvalue weighted by Crippen LogP contribution is -2.71. The molecule has 7 rings (SSSR count). The molecule has 4 heterocycles. The van der Waals surface area contributed by atoms with Gasteiger partial charge < -0.3 is 44.0 Å². The van der Waals surface area contributed by atoms with E-state index < -0.39 is 65.0 Å². The Balaban J connectivity index is 1.13. The number of esters is 1. The van der Waals surface area contributed by atoms with Crippen LogP contribution in [-0.2, 0) is 40.5 Å². The van der Waals surface area contributed by atoms with Gasteiger partial charge in [-0.15, -0.1) is 16.9 Å². The van der Waals surface area contributed by atoms with Gasteiger partial charge >= 0.3 is 24.2 Å². The van der Waals surface area contributed by atoms with Crippen LogP contribution in [-0.4, -0.2) is 108 Å². The molecule has 5 aromatic rings. The molecule has 2 amide bonds. The smallest absolute Gasteiger partial charge is 0.448 e.